The van der Waals surface area contributed by atoms with Gasteiger partial charge in [-0.2, -0.15) is 13.2 Å². The van der Waals surface area contributed by atoms with Crippen LogP contribution in [-0.2, 0) is 15.7 Å². The van der Waals surface area contributed by atoms with Crippen LogP contribution in [0.1, 0.15) is 15.9 Å². The molecule has 0 aliphatic carbocycles. The Bertz CT molecular complexity index is 548. The Morgan fingerprint density at radius 2 is 2.00 bits per heavy atom. The van der Waals surface area contributed by atoms with E-state index in [1.807, 2.05) is 0 Å². The van der Waals surface area contributed by atoms with Crippen LogP contribution in [0.15, 0.2) is 18.2 Å². The molecule has 0 saturated carbocycles. The highest BCUT2D eigenvalue weighted by Gasteiger charge is 2.35. The standard InChI is InChI=1S/C12H10ClF4NO3/c1-21-11(20)8(13)5-18-10(19)6-3-2-4-7(9(6)14)12(15,16)17/h2-4,8H,5H2,1H3,(H,18,19). The number of ether oxygens (including phenoxy) is 1. The summed E-state index contributed by atoms with van der Waals surface area (Å²) in [5.41, 5.74) is -2.34. The number of methoxy groups -OCH3 is 1. The number of halogens is 5. The Morgan fingerprint density at radius 1 is 1.38 bits per heavy atom. The molecule has 9 heteroatoms. The van der Waals surface area contributed by atoms with Crippen LogP contribution in [0.5, 0.6) is 0 Å². The van der Waals surface area contributed by atoms with Gasteiger partial charge in [0.05, 0.1) is 18.2 Å². The van der Waals surface area contributed by atoms with Crippen LogP contribution in [0, 0.1) is 5.82 Å². The first-order chi connectivity index (χ1) is 9.68. The third-order valence-corrected chi connectivity index (χ3v) is 2.78. The van der Waals surface area contributed by atoms with E-state index in [9.17, 15) is 27.2 Å². The Balaban J connectivity index is 2.87. The number of alkyl halides is 4. The van der Waals surface area contributed by atoms with Gasteiger partial charge in [-0.25, -0.2) is 4.39 Å². The summed E-state index contributed by atoms with van der Waals surface area (Å²) in [5, 5.41) is 0.825. The van der Waals surface area contributed by atoms with E-state index in [0.717, 1.165) is 19.2 Å². The summed E-state index contributed by atoms with van der Waals surface area (Å²) >= 11 is 5.54. The van der Waals surface area contributed by atoms with Crippen LogP contribution >= 0.6 is 11.6 Å². The maximum Gasteiger partial charge on any atom is 0.419 e. The summed E-state index contributed by atoms with van der Waals surface area (Å²) in [5.74, 6) is -3.64. The van der Waals surface area contributed by atoms with Crippen LogP contribution in [-0.4, -0.2) is 30.9 Å². The van der Waals surface area contributed by atoms with E-state index < -0.39 is 46.9 Å². The normalized spacial score (nSPS) is 12.7. The molecule has 0 fully saturated rings. The van der Waals surface area contributed by atoms with Gasteiger partial charge >= 0.3 is 12.1 Å². The van der Waals surface area contributed by atoms with Crippen molar-refractivity contribution < 1.29 is 31.9 Å². The van der Waals surface area contributed by atoms with Crippen molar-refractivity contribution in [3.05, 3.63) is 35.1 Å². The number of esters is 1. The first kappa shape index (κ1) is 17.2. The van der Waals surface area contributed by atoms with E-state index in [1.54, 1.807) is 0 Å². The summed E-state index contributed by atoms with van der Waals surface area (Å²) in [4.78, 5) is 22.6. The molecule has 1 amide bonds. The van der Waals surface area contributed by atoms with Crippen molar-refractivity contribution in [3.63, 3.8) is 0 Å². The number of rotatable bonds is 4. The number of benzene rings is 1. The molecule has 0 radical (unpaired) electrons. The number of amides is 1. The molecule has 1 aromatic carbocycles. The average molecular weight is 328 g/mol. The molecule has 0 spiro atoms. The van der Waals surface area contributed by atoms with Crippen molar-refractivity contribution in [2.75, 3.05) is 13.7 Å². The summed E-state index contributed by atoms with van der Waals surface area (Å²) in [7, 11) is 1.08. The largest absolute Gasteiger partial charge is 0.468 e. The van der Waals surface area contributed by atoms with Crippen LogP contribution in [0.3, 0.4) is 0 Å². The topological polar surface area (TPSA) is 55.4 Å². The lowest BCUT2D eigenvalue weighted by Crippen LogP contribution is -2.34. The number of hydrogen-bond acceptors (Lipinski definition) is 3. The number of carbonyl (C=O) groups is 2. The third kappa shape index (κ3) is 4.32. The van der Waals surface area contributed by atoms with E-state index >= 15 is 0 Å². The second-order valence-corrected chi connectivity index (χ2v) is 4.39. The Morgan fingerprint density at radius 3 is 2.52 bits per heavy atom. The first-order valence-corrected chi connectivity index (χ1v) is 5.98. The molecule has 0 aliphatic heterocycles. The molecule has 1 unspecified atom stereocenters. The lowest BCUT2D eigenvalue weighted by molar-refractivity contribution is -0.140. The Kier molecular flexibility index (Phi) is 5.54. The fraction of sp³-hybridized carbons (Fsp3) is 0.333. The maximum absolute atomic E-state index is 13.7. The van der Waals surface area contributed by atoms with E-state index in [-0.39, 0.29) is 0 Å². The molecular weight excluding hydrogens is 318 g/mol. The monoisotopic (exact) mass is 327 g/mol. The predicted octanol–water partition coefficient (Wildman–Crippen LogP) is 2.35. The number of carbonyl (C=O) groups excluding carboxylic acids is 2. The number of hydrogen-bond donors (Lipinski definition) is 1. The summed E-state index contributed by atoms with van der Waals surface area (Å²) in [6.45, 7) is -0.414. The zero-order valence-electron chi connectivity index (χ0n) is 10.6. The molecule has 0 bridgehead atoms. The van der Waals surface area contributed by atoms with Crippen LogP contribution in [0.25, 0.3) is 0 Å². The molecule has 0 heterocycles. The summed E-state index contributed by atoms with van der Waals surface area (Å²) in [6.07, 6.45) is -4.92. The van der Waals surface area contributed by atoms with Gasteiger partial charge in [-0.1, -0.05) is 6.07 Å². The average Bonchev–Trinajstić information content (AvgIpc) is 2.42. The second-order valence-electron chi connectivity index (χ2n) is 3.87. The quantitative estimate of drug-likeness (QED) is 0.525. The van der Waals surface area contributed by atoms with Crippen LogP contribution in [0.4, 0.5) is 17.6 Å². The number of nitrogens with one attached hydrogen (secondary N) is 1. The fourth-order valence-electron chi connectivity index (χ4n) is 1.42. The molecule has 0 saturated heterocycles. The maximum atomic E-state index is 13.7. The van der Waals surface area contributed by atoms with Gasteiger partial charge in [0.1, 0.15) is 11.2 Å². The smallest absolute Gasteiger partial charge is 0.419 e. The molecule has 4 nitrogen and oxygen atoms in total. The van der Waals surface area contributed by atoms with Gasteiger partial charge in [0, 0.05) is 6.54 Å². The molecule has 1 N–H and O–H groups in total. The van der Waals surface area contributed by atoms with E-state index in [1.165, 1.54) is 0 Å². The predicted molar refractivity (Wildman–Crippen MR) is 65.4 cm³/mol. The van der Waals surface area contributed by atoms with E-state index in [2.05, 4.69) is 10.1 Å². The van der Waals surface area contributed by atoms with Crippen molar-refractivity contribution in [1.29, 1.82) is 0 Å². The molecule has 0 aromatic heterocycles. The highest BCUT2D eigenvalue weighted by Crippen LogP contribution is 2.32. The Hall–Kier alpha value is -1.83. The van der Waals surface area contributed by atoms with Gasteiger partial charge in [0.2, 0.25) is 0 Å². The molecule has 0 aliphatic rings. The zero-order valence-corrected chi connectivity index (χ0v) is 11.4. The van der Waals surface area contributed by atoms with Crippen LogP contribution in [0.2, 0.25) is 0 Å². The van der Waals surface area contributed by atoms with Crippen molar-refractivity contribution in [2.24, 2.45) is 0 Å². The van der Waals surface area contributed by atoms with Gasteiger partial charge in [-0.3, -0.25) is 9.59 Å². The van der Waals surface area contributed by atoms with E-state index in [0.29, 0.717) is 6.07 Å². The highest BCUT2D eigenvalue weighted by molar-refractivity contribution is 6.30. The van der Waals surface area contributed by atoms with E-state index in [4.69, 9.17) is 11.6 Å². The van der Waals surface area contributed by atoms with Crippen molar-refractivity contribution in [1.82, 2.24) is 5.32 Å². The Labute approximate surface area is 122 Å². The van der Waals surface area contributed by atoms with Gasteiger partial charge in [-0.05, 0) is 12.1 Å². The second kappa shape index (κ2) is 6.75. The highest BCUT2D eigenvalue weighted by atomic mass is 35.5. The lowest BCUT2D eigenvalue weighted by Gasteiger charge is -2.12. The molecular formula is C12H10ClF4NO3. The molecule has 116 valence electrons. The SMILES string of the molecule is COC(=O)C(Cl)CNC(=O)c1cccc(C(F)(F)F)c1F. The van der Waals surface area contributed by atoms with Crippen LogP contribution < -0.4 is 5.32 Å². The van der Waals surface area contributed by atoms with Crippen molar-refractivity contribution in [3.8, 4) is 0 Å². The minimum Gasteiger partial charge on any atom is -0.468 e. The fourth-order valence-corrected chi connectivity index (χ4v) is 1.58. The molecule has 1 rings (SSSR count). The lowest BCUT2D eigenvalue weighted by atomic mass is 10.1. The third-order valence-electron chi connectivity index (χ3n) is 2.45. The minimum atomic E-state index is -4.92. The van der Waals surface area contributed by atoms with Gasteiger partial charge < -0.3 is 10.1 Å². The minimum absolute atomic E-state index is 0.414. The van der Waals surface area contributed by atoms with Gasteiger partial charge in [-0.15, -0.1) is 11.6 Å². The molecule has 21 heavy (non-hydrogen) atoms. The van der Waals surface area contributed by atoms with Crippen molar-refractivity contribution in [2.45, 2.75) is 11.6 Å². The zero-order chi connectivity index (χ0) is 16.2. The van der Waals surface area contributed by atoms with Gasteiger partial charge in [0.15, 0.2) is 0 Å². The van der Waals surface area contributed by atoms with Crippen molar-refractivity contribution >= 4 is 23.5 Å². The molecule has 1 aromatic rings. The van der Waals surface area contributed by atoms with Gasteiger partial charge in [0.25, 0.3) is 5.91 Å². The summed E-state index contributed by atoms with van der Waals surface area (Å²) < 4.78 is 55.5. The summed E-state index contributed by atoms with van der Waals surface area (Å²) in [6, 6.07) is 2.31. The molecule has 1 atom stereocenters. The first-order valence-electron chi connectivity index (χ1n) is 5.54.